The molecule has 1 aliphatic heterocycles. The first-order valence-electron chi connectivity index (χ1n) is 4.11. The Kier molecular flexibility index (Phi) is 3.78. The summed E-state index contributed by atoms with van der Waals surface area (Å²) in [6.45, 7) is 1.62. The van der Waals surface area contributed by atoms with E-state index in [1.807, 2.05) is 0 Å². The van der Waals surface area contributed by atoms with Gasteiger partial charge in [-0.3, -0.25) is 10.1 Å². The van der Waals surface area contributed by atoms with Gasteiger partial charge in [-0.2, -0.15) is 5.21 Å². The topological polar surface area (TPSA) is 95.6 Å². The SMILES string of the molecule is Cl.O=C(Nc1nn[nH]n1)C1CCNC1. The van der Waals surface area contributed by atoms with E-state index in [-0.39, 0.29) is 30.2 Å². The van der Waals surface area contributed by atoms with Gasteiger partial charge in [-0.15, -0.1) is 17.5 Å². The van der Waals surface area contributed by atoms with Crippen LogP contribution in [0, 0.1) is 5.92 Å². The number of aromatic amines is 1. The van der Waals surface area contributed by atoms with Crippen molar-refractivity contribution in [2.45, 2.75) is 6.42 Å². The molecule has 1 atom stereocenters. The molecule has 1 unspecified atom stereocenters. The molecule has 14 heavy (non-hydrogen) atoms. The van der Waals surface area contributed by atoms with Crippen LogP contribution < -0.4 is 10.6 Å². The average Bonchev–Trinajstić information content (AvgIpc) is 2.74. The fraction of sp³-hybridized carbons (Fsp3) is 0.667. The van der Waals surface area contributed by atoms with Gasteiger partial charge in [0.25, 0.3) is 5.95 Å². The smallest absolute Gasteiger partial charge is 0.269 e. The minimum Gasteiger partial charge on any atom is -0.316 e. The minimum absolute atomic E-state index is 0. The quantitative estimate of drug-likeness (QED) is 0.602. The van der Waals surface area contributed by atoms with Crippen LogP contribution in [0.3, 0.4) is 0 Å². The van der Waals surface area contributed by atoms with Crippen molar-refractivity contribution in [3.63, 3.8) is 0 Å². The number of anilines is 1. The molecular weight excluding hydrogens is 208 g/mol. The minimum atomic E-state index is -0.0496. The highest BCUT2D eigenvalue weighted by Gasteiger charge is 2.22. The number of tetrazole rings is 1. The lowest BCUT2D eigenvalue weighted by atomic mass is 10.1. The molecule has 1 aromatic heterocycles. The van der Waals surface area contributed by atoms with Gasteiger partial charge in [-0.25, -0.2) is 0 Å². The van der Waals surface area contributed by atoms with Crippen molar-refractivity contribution in [3.8, 4) is 0 Å². The molecule has 1 saturated heterocycles. The Balaban J connectivity index is 0.000000980. The van der Waals surface area contributed by atoms with Crippen molar-refractivity contribution < 1.29 is 4.79 Å². The zero-order valence-corrected chi connectivity index (χ0v) is 8.17. The summed E-state index contributed by atoms with van der Waals surface area (Å²) in [6.07, 6.45) is 0.865. The molecular formula is C6H11ClN6O. The lowest BCUT2D eigenvalue weighted by molar-refractivity contribution is -0.119. The van der Waals surface area contributed by atoms with E-state index in [4.69, 9.17) is 0 Å². The Morgan fingerprint density at radius 2 is 2.43 bits per heavy atom. The largest absolute Gasteiger partial charge is 0.316 e. The molecule has 2 rings (SSSR count). The molecule has 1 fully saturated rings. The molecule has 1 aromatic rings. The summed E-state index contributed by atoms with van der Waals surface area (Å²) in [5.41, 5.74) is 0. The molecule has 2 heterocycles. The van der Waals surface area contributed by atoms with E-state index >= 15 is 0 Å². The zero-order chi connectivity index (χ0) is 9.10. The lowest BCUT2D eigenvalue weighted by Gasteiger charge is -2.05. The number of amides is 1. The third kappa shape index (κ3) is 2.39. The van der Waals surface area contributed by atoms with Crippen molar-refractivity contribution in [3.05, 3.63) is 0 Å². The molecule has 1 amide bonds. The van der Waals surface area contributed by atoms with Crippen LogP contribution in [0.25, 0.3) is 0 Å². The van der Waals surface area contributed by atoms with Crippen LogP contribution in [-0.2, 0) is 4.79 Å². The third-order valence-electron chi connectivity index (χ3n) is 2.01. The molecule has 78 valence electrons. The van der Waals surface area contributed by atoms with Gasteiger partial charge in [-0.05, 0) is 18.2 Å². The number of hydrogen-bond donors (Lipinski definition) is 3. The van der Waals surface area contributed by atoms with Crippen molar-refractivity contribution in [2.24, 2.45) is 5.92 Å². The van der Waals surface area contributed by atoms with Crippen molar-refractivity contribution in [1.82, 2.24) is 25.9 Å². The highest BCUT2D eigenvalue weighted by molar-refractivity contribution is 5.91. The first kappa shape index (κ1) is 10.9. The third-order valence-corrected chi connectivity index (χ3v) is 2.01. The van der Waals surface area contributed by atoms with Gasteiger partial charge < -0.3 is 5.32 Å². The predicted octanol–water partition coefficient (Wildman–Crippen LogP) is -0.831. The van der Waals surface area contributed by atoms with Gasteiger partial charge in [0.1, 0.15) is 0 Å². The fourth-order valence-electron chi connectivity index (χ4n) is 1.31. The molecule has 0 radical (unpaired) electrons. The number of hydrogen-bond acceptors (Lipinski definition) is 5. The molecule has 0 aliphatic carbocycles. The molecule has 0 aromatic carbocycles. The average molecular weight is 219 g/mol. The molecule has 7 nitrogen and oxygen atoms in total. The lowest BCUT2D eigenvalue weighted by Crippen LogP contribution is -2.25. The first-order chi connectivity index (χ1) is 6.36. The van der Waals surface area contributed by atoms with Gasteiger partial charge in [0, 0.05) is 6.54 Å². The Labute approximate surface area is 86.4 Å². The van der Waals surface area contributed by atoms with E-state index in [2.05, 4.69) is 31.3 Å². The van der Waals surface area contributed by atoms with E-state index in [9.17, 15) is 4.79 Å². The number of H-pyrrole nitrogens is 1. The summed E-state index contributed by atoms with van der Waals surface area (Å²) >= 11 is 0. The fourth-order valence-corrected chi connectivity index (χ4v) is 1.31. The summed E-state index contributed by atoms with van der Waals surface area (Å²) < 4.78 is 0. The number of nitrogens with zero attached hydrogens (tertiary/aromatic N) is 3. The highest BCUT2D eigenvalue weighted by atomic mass is 35.5. The summed E-state index contributed by atoms with van der Waals surface area (Å²) in [4.78, 5) is 11.4. The summed E-state index contributed by atoms with van der Waals surface area (Å²) in [5.74, 6) is 0.210. The second-order valence-electron chi connectivity index (χ2n) is 2.91. The van der Waals surface area contributed by atoms with E-state index in [1.165, 1.54) is 0 Å². The van der Waals surface area contributed by atoms with Crippen LogP contribution in [-0.4, -0.2) is 39.6 Å². The molecule has 1 aliphatic rings. The summed E-state index contributed by atoms with van der Waals surface area (Å²) in [7, 11) is 0. The molecule has 8 heteroatoms. The number of nitrogens with one attached hydrogen (secondary N) is 3. The Morgan fingerprint density at radius 1 is 1.57 bits per heavy atom. The van der Waals surface area contributed by atoms with Crippen LogP contribution >= 0.6 is 12.4 Å². The molecule has 3 N–H and O–H groups in total. The maximum absolute atomic E-state index is 11.4. The van der Waals surface area contributed by atoms with Crippen molar-refractivity contribution >= 4 is 24.3 Å². The second-order valence-corrected chi connectivity index (χ2v) is 2.91. The molecule has 0 bridgehead atoms. The standard InChI is InChI=1S/C6H10N6O.ClH/c13-5(4-1-2-7-3-4)8-6-9-11-12-10-6;/h4,7H,1-3H2,(H2,8,9,10,11,12,13);1H. The number of carbonyl (C=O) groups excluding carboxylic acids is 1. The Morgan fingerprint density at radius 3 is 3.00 bits per heavy atom. The van der Waals surface area contributed by atoms with Gasteiger partial charge >= 0.3 is 0 Å². The van der Waals surface area contributed by atoms with Crippen LogP contribution in [0.1, 0.15) is 6.42 Å². The van der Waals surface area contributed by atoms with Crippen LogP contribution in [0.5, 0.6) is 0 Å². The van der Waals surface area contributed by atoms with Gasteiger partial charge in [-0.1, -0.05) is 5.10 Å². The van der Waals surface area contributed by atoms with E-state index < -0.39 is 0 Å². The molecule has 0 spiro atoms. The Bertz CT molecular complexity index is 283. The Hall–Kier alpha value is -1.21. The van der Waals surface area contributed by atoms with E-state index in [1.54, 1.807) is 0 Å². The second kappa shape index (κ2) is 4.87. The van der Waals surface area contributed by atoms with Crippen LogP contribution in [0.2, 0.25) is 0 Å². The molecule has 0 saturated carbocycles. The normalized spacial score (nSPS) is 20.1. The van der Waals surface area contributed by atoms with Gasteiger partial charge in [0.05, 0.1) is 5.92 Å². The van der Waals surface area contributed by atoms with Crippen molar-refractivity contribution in [2.75, 3.05) is 18.4 Å². The number of halogens is 1. The number of rotatable bonds is 2. The van der Waals surface area contributed by atoms with Gasteiger partial charge in [0.2, 0.25) is 5.91 Å². The summed E-state index contributed by atoms with van der Waals surface area (Å²) in [6, 6.07) is 0. The number of carbonyl (C=O) groups is 1. The highest BCUT2D eigenvalue weighted by Crippen LogP contribution is 2.09. The summed E-state index contributed by atoms with van der Waals surface area (Å²) in [5, 5.41) is 18.5. The van der Waals surface area contributed by atoms with E-state index in [0.717, 1.165) is 19.5 Å². The zero-order valence-electron chi connectivity index (χ0n) is 7.36. The maximum Gasteiger partial charge on any atom is 0.269 e. The maximum atomic E-state index is 11.4. The van der Waals surface area contributed by atoms with Crippen molar-refractivity contribution in [1.29, 1.82) is 0 Å². The number of aromatic nitrogens is 4. The monoisotopic (exact) mass is 218 g/mol. The first-order valence-corrected chi connectivity index (χ1v) is 4.11. The van der Waals surface area contributed by atoms with Crippen LogP contribution in [0.15, 0.2) is 0 Å². The van der Waals surface area contributed by atoms with Crippen LogP contribution in [0.4, 0.5) is 5.95 Å². The predicted molar refractivity (Wildman–Crippen MR) is 51.0 cm³/mol. The van der Waals surface area contributed by atoms with E-state index in [0.29, 0.717) is 0 Å². The van der Waals surface area contributed by atoms with Gasteiger partial charge in [0.15, 0.2) is 0 Å².